The molecule has 0 saturated heterocycles. The van der Waals surface area contributed by atoms with E-state index in [4.69, 9.17) is 4.74 Å². The molecule has 3 rings (SSSR count). The number of benzene rings is 3. The minimum absolute atomic E-state index is 0.0452. The summed E-state index contributed by atoms with van der Waals surface area (Å²) in [4.78, 5) is 24.8. The van der Waals surface area contributed by atoms with Crippen LogP contribution in [0, 0.1) is 0 Å². The molecule has 0 radical (unpaired) electrons. The zero-order valence-corrected chi connectivity index (χ0v) is 15.8. The number of carbonyl (C=O) groups is 2. The standard InChI is InChI=1S/C22H17BrO3/c1-15(21(24)17-7-11-19(23)12-8-17)26-20-13-9-18(10-14-20)22(25)16-5-3-2-4-6-16/h2-15H,1H3/t15-/m0/s1. The van der Waals surface area contributed by atoms with E-state index >= 15 is 0 Å². The summed E-state index contributed by atoms with van der Waals surface area (Å²) in [5, 5.41) is 0. The average Bonchev–Trinajstić information content (AvgIpc) is 2.68. The molecule has 130 valence electrons. The molecule has 0 bridgehead atoms. The third-order valence-corrected chi connectivity index (χ3v) is 4.49. The second-order valence-corrected chi connectivity index (χ2v) is 6.77. The summed E-state index contributed by atoms with van der Waals surface area (Å²) in [6.07, 6.45) is -0.619. The lowest BCUT2D eigenvalue weighted by atomic mass is 10.0. The molecule has 0 aliphatic carbocycles. The van der Waals surface area contributed by atoms with Crippen molar-refractivity contribution in [3.05, 3.63) is 100 Å². The van der Waals surface area contributed by atoms with Gasteiger partial charge in [-0.2, -0.15) is 0 Å². The Morgan fingerprint density at radius 2 is 1.31 bits per heavy atom. The van der Waals surface area contributed by atoms with Gasteiger partial charge in [0, 0.05) is 21.2 Å². The smallest absolute Gasteiger partial charge is 0.202 e. The van der Waals surface area contributed by atoms with E-state index in [1.165, 1.54) is 0 Å². The van der Waals surface area contributed by atoms with Gasteiger partial charge in [0.15, 0.2) is 11.9 Å². The number of carbonyl (C=O) groups excluding carboxylic acids is 2. The van der Waals surface area contributed by atoms with Crippen LogP contribution in [0.3, 0.4) is 0 Å². The highest BCUT2D eigenvalue weighted by Gasteiger charge is 2.17. The van der Waals surface area contributed by atoms with E-state index in [1.807, 2.05) is 30.3 Å². The van der Waals surface area contributed by atoms with E-state index in [1.54, 1.807) is 55.5 Å². The first kappa shape index (κ1) is 18.1. The van der Waals surface area contributed by atoms with E-state index in [2.05, 4.69) is 15.9 Å². The molecular formula is C22H17BrO3. The fourth-order valence-corrected chi connectivity index (χ4v) is 2.81. The maximum Gasteiger partial charge on any atom is 0.202 e. The van der Waals surface area contributed by atoms with Gasteiger partial charge >= 0.3 is 0 Å². The Morgan fingerprint density at radius 3 is 1.92 bits per heavy atom. The summed E-state index contributed by atoms with van der Waals surface area (Å²) in [6.45, 7) is 1.72. The van der Waals surface area contributed by atoms with E-state index < -0.39 is 6.10 Å². The lowest BCUT2D eigenvalue weighted by Gasteiger charge is -2.14. The van der Waals surface area contributed by atoms with E-state index in [0.717, 1.165) is 4.47 Å². The van der Waals surface area contributed by atoms with Crippen molar-refractivity contribution in [2.24, 2.45) is 0 Å². The zero-order chi connectivity index (χ0) is 18.5. The van der Waals surface area contributed by atoms with Crippen molar-refractivity contribution < 1.29 is 14.3 Å². The van der Waals surface area contributed by atoms with Crippen LogP contribution in [-0.4, -0.2) is 17.7 Å². The first-order valence-electron chi connectivity index (χ1n) is 8.21. The number of halogens is 1. The summed E-state index contributed by atoms with van der Waals surface area (Å²) >= 11 is 3.35. The van der Waals surface area contributed by atoms with Crippen LogP contribution in [-0.2, 0) is 0 Å². The summed E-state index contributed by atoms with van der Waals surface area (Å²) in [7, 11) is 0. The molecule has 26 heavy (non-hydrogen) atoms. The molecule has 0 amide bonds. The van der Waals surface area contributed by atoms with Crippen molar-refractivity contribution in [3.63, 3.8) is 0 Å². The number of ketones is 2. The summed E-state index contributed by atoms with van der Waals surface area (Å²) in [5.41, 5.74) is 1.81. The van der Waals surface area contributed by atoms with Gasteiger partial charge in [-0.3, -0.25) is 9.59 Å². The van der Waals surface area contributed by atoms with Crippen LogP contribution >= 0.6 is 15.9 Å². The van der Waals surface area contributed by atoms with Crippen LogP contribution in [0.4, 0.5) is 0 Å². The van der Waals surface area contributed by atoms with Gasteiger partial charge < -0.3 is 4.74 Å². The molecule has 0 aliphatic heterocycles. The Kier molecular flexibility index (Phi) is 5.64. The summed E-state index contributed by atoms with van der Waals surface area (Å²) in [6, 6.07) is 23.1. The molecule has 0 aromatic heterocycles. The Labute approximate surface area is 160 Å². The SMILES string of the molecule is C[C@H](Oc1ccc(C(=O)c2ccccc2)cc1)C(=O)c1ccc(Br)cc1. The van der Waals surface area contributed by atoms with Gasteiger partial charge in [0.05, 0.1) is 0 Å². The van der Waals surface area contributed by atoms with E-state index in [9.17, 15) is 9.59 Å². The molecule has 3 nitrogen and oxygen atoms in total. The van der Waals surface area contributed by atoms with Crippen LogP contribution in [0.2, 0.25) is 0 Å². The van der Waals surface area contributed by atoms with Crippen molar-refractivity contribution >= 4 is 27.5 Å². The minimum Gasteiger partial charge on any atom is -0.483 e. The Morgan fingerprint density at radius 1 is 0.769 bits per heavy atom. The van der Waals surface area contributed by atoms with Crippen LogP contribution in [0.15, 0.2) is 83.3 Å². The van der Waals surface area contributed by atoms with Crippen molar-refractivity contribution in [3.8, 4) is 5.75 Å². The molecule has 3 aromatic carbocycles. The zero-order valence-electron chi connectivity index (χ0n) is 14.2. The molecular weight excluding hydrogens is 392 g/mol. The van der Waals surface area contributed by atoms with Gasteiger partial charge in [0.1, 0.15) is 5.75 Å². The van der Waals surface area contributed by atoms with Crippen LogP contribution in [0.1, 0.15) is 33.2 Å². The minimum atomic E-state index is -0.619. The van der Waals surface area contributed by atoms with Crippen molar-refractivity contribution in [1.29, 1.82) is 0 Å². The Hall–Kier alpha value is -2.72. The largest absolute Gasteiger partial charge is 0.483 e. The topological polar surface area (TPSA) is 43.4 Å². The van der Waals surface area contributed by atoms with E-state index in [-0.39, 0.29) is 11.6 Å². The molecule has 0 fully saturated rings. The van der Waals surface area contributed by atoms with Crippen molar-refractivity contribution in [1.82, 2.24) is 0 Å². The highest BCUT2D eigenvalue weighted by Crippen LogP contribution is 2.19. The van der Waals surface area contributed by atoms with Crippen molar-refractivity contribution in [2.75, 3.05) is 0 Å². The maximum atomic E-state index is 12.4. The normalized spacial score (nSPS) is 11.6. The molecule has 0 heterocycles. The Bertz CT molecular complexity index is 900. The van der Waals surface area contributed by atoms with Gasteiger partial charge in [0.2, 0.25) is 5.78 Å². The number of Topliss-reactive ketones (excluding diaryl/α,β-unsaturated/α-hetero) is 1. The van der Waals surface area contributed by atoms with E-state index in [0.29, 0.717) is 22.4 Å². The number of ether oxygens (including phenoxy) is 1. The first-order chi connectivity index (χ1) is 12.5. The third kappa shape index (κ3) is 4.27. The molecule has 3 aromatic rings. The first-order valence-corrected chi connectivity index (χ1v) is 9.00. The average molecular weight is 409 g/mol. The van der Waals surface area contributed by atoms with Gasteiger partial charge in [0.25, 0.3) is 0 Å². The molecule has 0 spiro atoms. The summed E-state index contributed by atoms with van der Waals surface area (Å²) < 4.78 is 6.65. The predicted molar refractivity (Wildman–Crippen MR) is 105 cm³/mol. The fraction of sp³-hybridized carbons (Fsp3) is 0.0909. The number of rotatable bonds is 6. The molecule has 1 atom stereocenters. The maximum absolute atomic E-state index is 12.4. The predicted octanol–water partition coefficient (Wildman–Crippen LogP) is 5.33. The molecule has 0 aliphatic rings. The third-order valence-electron chi connectivity index (χ3n) is 3.96. The van der Waals surface area contributed by atoms with Crippen LogP contribution < -0.4 is 4.74 Å². The van der Waals surface area contributed by atoms with Crippen LogP contribution in [0.25, 0.3) is 0 Å². The molecule has 0 unspecified atom stereocenters. The van der Waals surface area contributed by atoms with Gasteiger partial charge in [-0.1, -0.05) is 58.4 Å². The highest BCUT2D eigenvalue weighted by molar-refractivity contribution is 9.10. The second kappa shape index (κ2) is 8.11. The van der Waals surface area contributed by atoms with Crippen molar-refractivity contribution in [2.45, 2.75) is 13.0 Å². The lowest BCUT2D eigenvalue weighted by Crippen LogP contribution is -2.23. The van der Waals surface area contributed by atoms with Gasteiger partial charge in [-0.05, 0) is 43.3 Å². The number of hydrogen-bond donors (Lipinski definition) is 0. The highest BCUT2D eigenvalue weighted by atomic mass is 79.9. The fourth-order valence-electron chi connectivity index (χ4n) is 2.55. The summed E-state index contributed by atoms with van der Waals surface area (Å²) in [5.74, 6) is 0.408. The lowest BCUT2D eigenvalue weighted by molar-refractivity contribution is 0.0817. The second-order valence-electron chi connectivity index (χ2n) is 5.85. The van der Waals surface area contributed by atoms with Gasteiger partial charge in [-0.15, -0.1) is 0 Å². The Balaban J connectivity index is 1.68. The van der Waals surface area contributed by atoms with Crippen LogP contribution in [0.5, 0.6) is 5.75 Å². The molecule has 4 heteroatoms. The molecule has 0 N–H and O–H groups in total. The quantitative estimate of drug-likeness (QED) is 0.517. The molecule has 0 saturated carbocycles. The van der Waals surface area contributed by atoms with Gasteiger partial charge in [-0.25, -0.2) is 0 Å². The number of hydrogen-bond acceptors (Lipinski definition) is 3. The monoisotopic (exact) mass is 408 g/mol.